The van der Waals surface area contributed by atoms with Gasteiger partial charge in [0.05, 0.1) is 6.61 Å². The number of piperidine rings is 1. The number of rotatable bonds is 8. The Labute approximate surface area is 171 Å². The van der Waals surface area contributed by atoms with Crippen molar-refractivity contribution in [3.63, 3.8) is 0 Å². The van der Waals surface area contributed by atoms with Gasteiger partial charge in [-0.3, -0.25) is 4.79 Å². The van der Waals surface area contributed by atoms with E-state index in [1.54, 1.807) is 11.8 Å². The number of hydrogen-bond donors (Lipinski definition) is 2. The van der Waals surface area contributed by atoms with E-state index < -0.39 is 6.04 Å². The molecule has 1 saturated heterocycles. The van der Waals surface area contributed by atoms with E-state index in [0.717, 1.165) is 31.5 Å². The van der Waals surface area contributed by atoms with E-state index in [-0.39, 0.29) is 23.7 Å². The fraction of sp³-hybridized carbons (Fsp3) is 0.579. The summed E-state index contributed by atoms with van der Waals surface area (Å²) in [5.41, 5.74) is 1.05. The summed E-state index contributed by atoms with van der Waals surface area (Å²) in [6.45, 7) is 4.93. The summed E-state index contributed by atoms with van der Waals surface area (Å²) in [5.74, 6) is 0.558. The number of carbonyl (C=O) groups is 1. The van der Waals surface area contributed by atoms with Crippen LogP contribution >= 0.6 is 12.4 Å². The van der Waals surface area contributed by atoms with Gasteiger partial charge in [0, 0.05) is 25.5 Å². The lowest BCUT2D eigenvalue weighted by molar-refractivity contribution is -0.125. The van der Waals surface area contributed by atoms with Crippen LogP contribution in [0.2, 0.25) is 0 Å². The third kappa shape index (κ3) is 5.50. The highest BCUT2D eigenvalue weighted by Crippen LogP contribution is 2.28. The molecule has 2 heterocycles. The van der Waals surface area contributed by atoms with Gasteiger partial charge in [-0.1, -0.05) is 30.3 Å². The molecule has 1 atom stereocenters. The topological polar surface area (TPSA) is 94.0 Å². The monoisotopic (exact) mass is 408 g/mol. The van der Waals surface area contributed by atoms with E-state index >= 15 is 0 Å². The Kier molecular flexibility index (Phi) is 8.35. The van der Waals surface area contributed by atoms with Crippen LogP contribution < -0.4 is 10.6 Å². The molecule has 154 valence electrons. The van der Waals surface area contributed by atoms with E-state index in [0.29, 0.717) is 25.4 Å². The van der Waals surface area contributed by atoms with Gasteiger partial charge in [-0.2, -0.15) is 0 Å². The molecule has 2 N–H and O–H groups in total. The fourth-order valence-electron chi connectivity index (χ4n) is 3.68. The predicted octanol–water partition coefficient (Wildman–Crippen LogP) is 1.32. The largest absolute Gasteiger partial charge is 0.384 e. The molecule has 0 bridgehead atoms. The number of hydrogen-bond acceptors (Lipinski definition) is 6. The molecular formula is C19H29ClN6O2. The number of methoxy groups -OCH3 is 1. The number of carbonyl (C=O) groups excluding carboxylic acids is 1. The normalized spacial score (nSPS) is 16.8. The molecule has 0 saturated carbocycles. The molecule has 0 spiro atoms. The molecule has 1 aromatic carbocycles. The van der Waals surface area contributed by atoms with Crippen LogP contribution in [0, 0.1) is 12.3 Å². The van der Waals surface area contributed by atoms with Gasteiger partial charge in [0.1, 0.15) is 11.9 Å². The maximum absolute atomic E-state index is 13.1. The second kappa shape index (κ2) is 10.5. The molecule has 1 aliphatic heterocycles. The van der Waals surface area contributed by atoms with Crippen LogP contribution in [-0.4, -0.2) is 59.5 Å². The highest BCUT2D eigenvalue weighted by Gasteiger charge is 2.34. The van der Waals surface area contributed by atoms with Crippen LogP contribution in [0.5, 0.6) is 0 Å². The van der Waals surface area contributed by atoms with Gasteiger partial charge in [0.2, 0.25) is 5.91 Å². The lowest BCUT2D eigenvalue weighted by Gasteiger charge is -2.37. The number of amides is 1. The van der Waals surface area contributed by atoms with Gasteiger partial charge >= 0.3 is 0 Å². The lowest BCUT2D eigenvalue weighted by atomic mass is 9.79. The van der Waals surface area contributed by atoms with E-state index in [2.05, 4.69) is 26.2 Å². The van der Waals surface area contributed by atoms with Gasteiger partial charge in [-0.25, -0.2) is 4.68 Å². The van der Waals surface area contributed by atoms with E-state index in [1.807, 2.05) is 37.3 Å². The van der Waals surface area contributed by atoms with Crippen molar-refractivity contribution in [2.75, 3.05) is 33.4 Å². The minimum atomic E-state index is -0.483. The van der Waals surface area contributed by atoms with Crippen molar-refractivity contribution in [2.45, 2.75) is 32.2 Å². The molecule has 1 fully saturated rings. The van der Waals surface area contributed by atoms with Crippen molar-refractivity contribution in [3.8, 4) is 0 Å². The summed E-state index contributed by atoms with van der Waals surface area (Å²) < 4.78 is 7.05. The number of aryl methyl sites for hydroxylation is 1. The highest BCUT2D eigenvalue weighted by atomic mass is 35.5. The first-order valence-electron chi connectivity index (χ1n) is 9.39. The summed E-state index contributed by atoms with van der Waals surface area (Å²) in [5, 5.41) is 18.2. The summed E-state index contributed by atoms with van der Waals surface area (Å²) in [7, 11) is 1.72. The van der Waals surface area contributed by atoms with Crippen LogP contribution in [0.15, 0.2) is 30.3 Å². The predicted molar refractivity (Wildman–Crippen MR) is 108 cm³/mol. The molecule has 0 radical (unpaired) electrons. The van der Waals surface area contributed by atoms with Crippen LogP contribution in [0.1, 0.15) is 30.3 Å². The molecular weight excluding hydrogens is 380 g/mol. The summed E-state index contributed by atoms with van der Waals surface area (Å²) in [6, 6.07) is 9.45. The number of tetrazole rings is 1. The average Bonchev–Trinajstić information content (AvgIpc) is 3.12. The molecule has 1 unspecified atom stereocenters. The first-order valence-corrected chi connectivity index (χ1v) is 9.39. The van der Waals surface area contributed by atoms with Crippen molar-refractivity contribution in [1.29, 1.82) is 0 Å². The number of benzene rings is 1. The Morgan fingerprint density at radius 2 is 2.04 bits per heavy atom. The lowest BCUT2D eigenvalue weighted by Crippen LogP contribution is -2.48. The van der Waals surface area contributed by atoms with Gasteiger partial charge in [0.15, 0.2) is 0 Å². The number of nitrogens with one attached hydrogen (secondary N) is 2. The summed E-state index contributed by atoms with van der Waals surface area (Å²) >= 11 is 0. The summed E-state index contributed by atoms with van der Waals surface area (Å²) in [6.07, 6.45) is 2.50. The second-order valence-electron chi connectivity index (χ2n) is 7.28. The van der Waals surface area contributed by atoms with Gasteiger partial charge < -0.3 is 15.4 Å². The molecule has 8 nitrogen and oxygen atoms in total. The fourth-order valence-corrected chi connectivity index (χ4v) is 3.68. The van der Waals surface area contributed by atoms with Crippen molar-refractivity contribution in [1.82, 2.24) is 30.8 Å². The highest BCUT2D eigenvalue weighted by molar-refractivity contribution is 5.85. The van der Waals surface area contributed by atoms with Crippen molar-refractivity contribution in [3.05, 3.63) is 41.7 Å². The molecule has 0 aliphatic carbocycles. The third-order valence-electron chi connectivity index (χ3n) is 5.28. The first-order chi connectivity index (χ1) is 13.1. The van der Waals surface area contributed by atoms with Gasteiger partial charge in [0.25, 0.3) is 0 Å². The van der Waals surface area contributed by atoms with Crippen LogP contribution in [0.3, 0.4) is 0 Å². The maximum atomic E-state index is 13.1. The van der Waals surface area contributed by atoms with Crippen LogP contribution in [0.4, 0.5) is 0 Å². The van der Waals surface area contributed by atoms with Gasteiger partial charge in [-0.15, -0.1) is 17.5 Å². The third-order valence-corrected chi connectivity index (χ3v) is 5.28. The quantitative estimate of drug-likeness (QED) is 0.684. The maximum Gasteiger partial charge on any atom is 0.245 e. The van der Waals surface area contributed by atoms with E-state index in [9.17, 15) is 4.79 Å². The molecule has 1 amide bonds. The second-order valence-corrected chi connectivity index (χ2v) is 7.28. The minimum absolute atomic E-state index is 0. The van der Waals surface area contributed by atoms with E-state index in [1.165, 1.54) is 0 Å². The Balaban J connectivity index is 0.00000280. The van der Waals surface area contributed by atoms with E-state index in [4.69, 9.17) is 4.74 Å². The zero-order chi connectivity index (χ0) is 19.1. The number of nitrogens with zero attached hydrogens (tertiary/aromatic N) is 4. The zero-order valence-corrected chi connectivity index (χ0v) is 17.2. The molecule has 9 heteroatoms. The van der Waals surface area contributed by atoms with Crippen LogP contribution in [0.25, 0.3) is 0 Å². The molecule has 1 aromatic heterocycles. The van der Waals surface area contributed by atoms with Crippen molar-refractivity contribution >= 4 is 18.3 Å². The number of ether oxygens (including phenoxy) is 1. The Hall–Kier alpha value is -2.03. The molecule has 2 aromatic rings. The number of aromatic nitrogens is 4. The smallest absolute Gasteiger partial charge is 0.245 e. The molecule has 1 aliphatic rings. The molecule has 28 heavy (non-hydrogen) atoms. The van der Waals surface area contributed by atoms with Gasteiger partial charge in [-0.05, 0) is 48.8 Å². The average molecular weight is 409 g/mol. The summed E-state index contributed by atoms with van der Waals surface area (Å²) in [4.78, 5) is 13.1. The zero-order valence-electron chi connectivity index (χ0n) is 16.4. The first kappa shape index (κ1) is 22.3. The SMILES string of the molecule is COCC1(CNC(=O)C(Cc2ccccc2)n2nnnc2C)CCNCC1.Cl. The number of halogens is 1. The standard InChI is InChI=1S/C19H28N6O2.ClH/c1-15-22-23-24-25(15)17(12-16-6-4-3-5-7-16)18(26)21-13-19(14-27-2)8-10-20-11-9-19;/h3-7,17,20H,8-14H2,1-2H3,(H,21,26);1H. The Morgan fingerprint density at radius 3 is 2.64 bits per heavy atom. The van der Waals surface area contributed by atoms with Crippen LogP contribution in [-0.2, 0) is 16.0 Å². The Bertz CT molecular complexity index is 728. The van der Waals surface area contributed by atoms with Crippen molar-refractivity contribution in [2.24, 2.45) is 5.41 Å². The Morgan fingerprint density at radius 1 is 1.32 bits per heavy atom. The van der Waals surface area contributed by atoms with Crippen molar-refractivity contribution < 1.29 is 9.53 Å². The minimum Gasteiger partial charge on any atom is -0.384 e. The molecule has 3 rings (SSSR count).